The largest absolute Gasteiger partial charge is 0.493 e. The first-order valence-corrected chi connectivity index (χ1v) is 6.86. The first kappa shape index (κ1) is 12.3. The van der Waals surface area contributed by atoms with Gasteiger partial charge in [-0.3, -0.25) is 0 Å². The summed E-state index contributed by atoms with van der Waals surface area (Å²) < 4.78 is 11.5. The van der Waals surface area contributed by atoms with Crippen molar-refractivity contribution < 1.29 is 9.47 Å². The first-order chi connectivity index (χ1) is 9.34. The minimum Gasteiger partial charge on any atom is -0.493 e. The second-order valence-corrected chi connectivity index (χ2v) is 4.97. The fourth-order valence-electron chi connectivity index (χ4n) is 2.59. The van der Waals surface area contributed by atoms with Crippen LogP contribution in [0.25, 0.3) is 10.8 Å². The molecule has 1 atom stereocenters. The number of hydrogen-bond donors (Lipinski definition) is 1. The second-order valence-electron chi connectivity index (χ2n) is 4.97. The highest BCUT2D eigenvalue weighted by atomic mass is 16.5. The van der Waals surface area contributed by atoms with Crippen molar-refractivity contribution in [3.8, 4) is 5.75 Å². The van der Waals surface area contributed by atoms with Crippen LogP contribution in [0.1, 0.15) is 19.3 Å². The van der Waals surface area contributed by atoms with Crippen LogP contribution < -0.4 is 10.5 Å². The number of fused-ring (bicyclic) bond motifs is 1. The summed E-state index contributed by atoms with van der Waals surface area (Å²) in [5.74, 6) is 0.905. The van der Waals surface area contributed by atoms with Crippen molar-refractivity contribution in [2.24, 2.45) is 0 Å². The standard InChI is InChI=1S/C16H19NO2/c17-15-7-8-16(14-6-2-1-5-13(14)15)19-11-9-12-4-3-10-18-12/h1-2,5-8,12H,3-4,9-11,17H2. The molecule has 1 fully saturated rings. The lowest BCUT2D eigenvalue weighted by atomic mass is 10.1. The molecule has 0 bridgehead atoms. The van der Waals surface area contributed by atoms with Gasteiger partial charge in [-0.05, 0) is 25.0 Å². The normalized spacial score (nSPS) is 18.8. The molecular formula is C16H19NO2. The van der Waals surface area contributed by atoms with Gasteiger partial charge >= 0.3 is 0 Å². The Kier molecular flexibility index (Phi) is 3.56. The summed E-state index contributed by atoms with van der Waals surface area (Å²) in [7, 11) is 0. The highest BCUT2D eigenvalue weighted by Crippen LogP contribution is 2.30. The van der Waals surface area contributed by atoms with Gasteiger partial charge in [-0.15, -0.1) is 0 Å². The summed E-state index contributed by atoms with van der Waals surface area (Å²) in [5, 5.41) is 2.13. The van der Waals surface area contributed by atoms with Gasteiger partial charge < -0.3 is 15.2 Å². The van der Waals surface area contributed by atoms with E-state index in [9.17, 15) is 0 Å². The third-order valence-electron chi connectivity index (χ3n) is 3.64. The SMILES string of the molecule is Nc1ccc(OCCC2CCCO2)c2ccccc12. The molecule has 0 spiro atoms. The molecular weight excluding hydrogens is 238 g/mol. The van der Waals surface area contributed by atoms with Crippen LogP contribution in [0, 0.1) is 0 Å². The predicted octanol–water partition coefficient (Wildman–Crippen LogP) is 3.37. The van der Waals surface area contributed by atoms with Crippen LogP contribution in [-0.4, -0.2) is 19.3 Å². The average molecular weight is 257 g/mol. The highest BCUT2D eigenvalue weighted by Gasteiger charge is 2.15. The summed E-state index contributed by atoms with van der Waals surface area (Å²) in [6, 6.07) is 11.9. The molecule has 3 heteroatoms. The van der Waals surface area contributed by atoms with E-state index in [1.165, 1.54) is 6.42 Å². The molecule has 1 unspecified atom stereocenters. The van der Waals surface area contributed by atoms with Gasteiger partial charge in [-0.25, -0.2) is 0 Å². The van der Waals surface area contributed by atoms with Crippen molar-refractivity contribution in [2.75, 3.05) is 18.9 Å². The van der Waals surface area contributed by atoms with Crippen molar-refractivity contribution >= 4 is 16.5 Å². The number of anilines is 1. The molecule has 19 heavy (non-hydrogen) atoms. The summed E-state index contributed by atoms with van der Waals surface area (Å²) in [6.07, 6.45) is 3.67. The highest BCUT2D eigenvalue weighted by molar-refractivity contribution is 5.96. The lowest BCUT2D eigenvalue weighted by Crippen LogP contribution is -2.10. The smallest absolute Gasteiger partial charge is 0.127 e. The summed E-state index contributed by atoms with van der Waals surface area (Å²) in [6.45, 7) is 1.59. The van der Waals surface area contributed by atoms with Crippen LogP contribution in [0.15, 0.2) is 36.4 Å². The molecule has 1 aliphatic heterocycles. The summed E-state index contributed by atoms with van der Waals surface area (Å²) in [4.78, 5) is 0. The molecule has 0 radical (unpaired) electrons. The molecule has 2 N–H and O–H groups in total. The monoisotopic (exact) mass is 257 g/mol. The van der Waals surface area contributed by atoms with Gasteiger partial charge in [0.15, 0.2) is 0 Å². The van der Waals surface area contributed by atoms with Crippen molar-refractivity contribution in [3.63, 3.8) is 0 Å². The Hall–Kier alpha value is -1.74. The molecule has 1 saturated heterocycles. The molecule has 100 valence electrons. The molecule has 0 aliphatic carbocycles. The van der Waals surface area contributed by atoms with Gasteiger partial charge in [-0.1, -0.05) is 24.3 Å². The summed E-state index contributed by atoms with van der Waals surface area (Å²) in [5.41, 5.74) is 6.77. The van der Waals surface area contributed by atoms with Crippen LogP contribution in [0.5, 0.6) is 5.75 Å². The molecule has 2 aromatic rings. The van der Waals surface area contributed by atoms with E-state index in [0.29, 0.717) is 12.7 Å². The minimum absolute atomic E-state index is 0.375. The molecule has 0 amide bonds. The molecule has 2 aromatic carbocycles. The fourth-order valence-corrected chi connectivity index (χ4v) is 2.59. The van der Waals surface area contributed by atoms with E-state index in [4.69, 9.17) is 15.2 Å². The Labute approximate surface area is 113 Å². The lowest BCUT2D eigenvalue weighted by molar-refractivity contribution is 0.0906. The van der Waals surface area contributed by atoms with E-state index in [2.05, 4.69) is 0 Å². The number of rotatable bonds is 4. The molecule has 3 nitrogen and oxygen atoms in total. The number of nitrogen functional groups attached to an aromatic ring is 1. The van der Waals surface area contributed by atoms with E-state index in [-0.39, 0.29) is 0 Å². The fraction of sp³-hybridized carbons (Fsp3) is 0.375. The summed E-state index contributed by atoms with van der Waals surface area (Å²) >= 11 is 0. The van der Waals surface area contributed by atoms with E-state index >= 15 is 0 Å². The Morgan fingerprint density at radius 2 is 2.00 bits per heavy atom. The molecule has 0 saturated carbocycles. The Balaban J connectivity index is 1.72. The number of nitrogens with two attached hydrogens (primary N) is 1. The number of benzene rings is 2. The van der Waals surface area contributed by atoms with E-state index in [1.54, 1.807) is 0 Å². The van der Waals surface area contributed by atoms with Gasteiger partial charge in [0.1, 0.15) is 5.75 Å². The zero-order chi connectivity index (χ0) is 13.1. The Morgan fingerprint density at radius 1 is 1.16 bits per heavy atom. The predicted molar refractivity (Wildman–Crippen MR) is 77.4 cm³/mol. The van der Waals surface area contributed by atoms with E-state index < -0.39 is 0 Å². The van der Waals surface area contributed by atoms with Crippen molar-refractivity contribution in [1.29, 1.82) is 0 Å². The van der Waals surface area contributed by atoms with Crippen LogP contribution in [0.4, 0.5) is 5.69 Å². The minimum atomic E-state index is 0.375. The molecule has 1 heterocycles. The second kappa shape index (κ2) is 5.49. The van der Waals surface area contributed by atoms with Gasteiger partial charge in [0.05, 0.1) is 12.7 Å². The molecule has 3 rings (SSSR count). The topological polar surface area (TPSA) is 44.5 Å². The zero-order valence-electron chi connectivity index (χ0n) is 11.0. The average Bonchev–Trinajstić information content (AvgIpc) is 2.95. The first-order valence-electron chi connectivity index (χ1n) is 6.86. The zero-order valence-corrected chi connectivity index (χ0v) is 11.0. The Morgan fingerprint density at radius 3 is 2.79 bits per heavy atom. The van der Waals surface area contributed by atoms with Crippen LogP contribution in [0.2, 0.25) is 0 Å². The van der Waals surface area contributed by atoms with Gasteiger partial charge in [0, 0.05) is 29.5 Å². The maximum absolute atomic E-state index is 5.98. The maximum atomic E-state index is 5.98. The van der Waals surface area contributed by atoms with Gasteiger partial charge in [0.25, 0.3) is 0 Å². The third-order valence-corrected chi connectivity index (χ3v) is 3.64. The van der Waals surface area contributed by atoms with Crippen molar-refractivity contribution in [1.82, 2.24) is 0 Å². The number of ether oxygens (including phenoxy) is 2. The molecule has 0 aromatic heterocycles. The molecule has 1 aliphatic rings. The van der Waals surface area contributed by atoms with Gasteiger partial charge in [0.2, 0.25) is 0 Å². The van der Waals surface area contributed by atoms with Crippen molar-refractivity contribution in [3.05, 3.63) is 36.4 Å². The lowest BCUT2D eigenvalue weighted by Gasteiger charge is -2.13. The van der Waals surface area contributed by atoms with Crippen LogP contribution in [-0.2, 0) is 4.74 Å². The third kappa shape index (κ3) is 2.66. The quantitative estimate of drug-likeness (QED) is 0.854. The maximum Gasteiger partial charge on any atom is 0.127 e. The van der Waals surface area contributed by atoms with Gasteiger partial charge in [-0.2, -0.15) is 0 Å². The number of hydrogen-bond acceptors (Lipinski definition) is 3. The van der Waals surface area contributed by atoms with Crippen molar-refractivity contribution in [2.45, 2.75) is 25.4 Å². The van der Waals surface area contributed by atoms with E-state index in [0.717, 1.165) is 41.7 Å². The van der Waals surface area contributed by atoms with Crippen LogP contribution >= 0.6 is 0 Å². The van der Waals surface area contributed by atoms with E-state index in [1.807, 2.05) is 36.4 Å². The Bertz CT molecular complexity index is 562. The van der Waals surface area contributed by atoms with Crippen LogP contribution in [0.3, 0.4) is 0 Å².